The molecule has 21 heavy (non-hydrogen) atoms. The summed E-state index contributed by atoms with van der Waals surface area (Å²) in [5.41, 5.74) is 0.686. The van der Waals surface area contributed by atoms with Crippen molar-refractivity contribution in [2.45, 2.75) is 27.2 Å². The lowest BCUT2D eigenvalue weighted by molar-refractivity contribution is -0.151. The van der Waals surface area contributed by atoms with Crippen molar-refractivity contribution in [3.63, 3.8) is 0 Å². The monoisotopic (exact) mass is 294 g/mol. The number of hydrogen-bond donors (Lipinski definition) is 0. The van der Waals surface area contributed by atoms with Gasteiger partial charge >= 0.3 is 5.97 Å². The van der Waals surface area contributed by atoms with Crippen LogP contribution in [0.2, 0.25) is 0 Å². The fourth-order valence-electron chi connectivity index (χ4n) is 1.68. The van der Waals surface area contributed by atoms with Crippen LogP contribution in [0.1, 0.15) is 26.3 Å². The first-order valence-corrected chi connectivity index (χ1v) is 6.97. The fourth-order valence-corrected chi connectivity index (χ4v) is 1.68. The normalized spacial score (nSPS) is 10.3. The summed E-state index contributed by atoms with van der Waals surface area (Å²) >= 11 is 0. The highest BCUT2D eigenvalue weighted by molar-refractivity contribution is 6.34. The molecule has 0 saturated heterocycles. The van der Waals surface area contributed by atoms with Crippen molar-refractivity contribution in [3.05, 3.63) is 23.8 Å². The van der Waals surface area contributed by atoms with E-state index in [1.165, 1.54) is 7.11 Å². The molecule has 0 atom stereocenters. The van der Waals surface area contributed by atoms with Gasteiger partial charge < -0.3 is 14.2 Å². The van der Waals surface area contributed by atoms with E-state index in [0.29, 0.717) is 36.2 Å². The van der Waals surface area contributed by atoms with Crippen LogP contribution in [-0.2, 0) is 20.7 Å². The lowest BCUT2D eigenvalue weighted by atomic mass is 10.1. The van der Waals surface area contributed by atoms with Crippen molar-refractivity contribution in [2.24, 2.45) is 5.92 Å². The summed E-state index contributed by atoms with van der Waals surface area (Å²) in [5.74, 6) is 0.192. The maximum Gasteiger partial charge on any atom is 0.374 e. The second-order valence-corrected chi connectivity index (χ2v) is 5.01. The quantitative estimate of drug-likeness (QED) is 0.544. The van der Waals surface area contributed by atoms with Crippen molar-refractivity contribution in [3.8, 4) is 11.5 Å². The lowest BCUT2D eigenvalue weighted by Gasteiger charge is -2.14. The predicted molar refractivity (Wildman–Crippen MR) is 78.7 cm³/mol. The molecule has 0 unspecified atom stereocenters. The molecule has 5 heteroatoms. The van der Waals surface area contributed by atoms with Gasteiger partial charge in [0.1, 0.15) is 0 Å². The minimum absolute atomic E-state index is 0.0167. The Morgan fingerprint density at radius 3 is 2.43 bits per heavy atom. The summed E-state index contributed by atoms with van der Waals surface area (Å²) in [4.78, 5) is 22.7. The molecule has 0 N–H and O–H groups in total. The Kier molecular flexibility index (Phi) is 6.72. The van der Waals surface area contributed by atoms with Crippen LogP contribution in [0.25, 0.3) is 0 Å². The number of methoxy groups -OCH3 is 1. The van der Waals surface area contributed by atoms with E-state index in [-0.39, 0.29) is 6.42 Å². The van der Waals surface area contributed by atoms with Crippen LogP contribution in [0, 0.1) is 5.92 Å². The van der Waals surface area contributed by atoms with E-state index in [2.05, 4.69) is 18.6 Å². The van der Waals surface area contributed by atoms with Crippen molar-refractivity contribution in [2.75, 3.05) is 20.3 Å². The highest BCUT2D eigenvalue weighted by Crippen LogP contribution is 2.29. The molecule has 0 saturated carbocycles. The Balaban J connectivity index is 2.86. The minimum Gasteiger partial charge on any atom is -0.490 e. The van der Waals surface area contributed by atoms with Crippen molar-refractivity contribution < 1.29 is 23.8 Å². The predicted octanol–water partition coefficient (Wildman–Crippen LogP) is 2.40. The van der Waals surface area contributed by atoms with Crippen molar-refractivity contribution >= 4 is 11.8 Å². The van der Waals surface area contributed by atoms with Gasteiger partial charge in [-0.05, 0) is 30.5 Å². The molecule has 0 aliphatic rings. The first kappa shape index (κ1) is 17.0. The molecule has 0 aliphatic carbocycles. The number of carbonyl (C=O) groups excluding carboxylic acids is 2. The van der Waals surface area contributed by atoms with Crippen LogP contribution in [0.15, 0.2) is 18.2 Å². The van der Waals surface area contributed by atoms with Crippen LogP contribution in [0.4, 0.5) is 0 Å². The summed E-state index contributed by atoms with van der Waals surface area (Å²) in [6.45, 7) is 7.07. The summed E-state index contributed by atoms with van der Waals surface area (Å²) in [7, 11) is 1.19. The molecule has 5 nitrogen and oxygen atoms in total. The molecule has 0 bridgehead atoms. The molecule has 0 aromatic heterocycles. The van der Waals surface area contributed by atoms with Crippen LogP contribution in [-0.4, -0.2) is 32.1 Å². The number of hydrogen-bond acceptors (Lipinski definition) is 5. The van der Waals surface area contributed by atoms with Crippen LogP contribution < -0.4 is 9.47 Å². The Labute approximate surface area is 125 Å². The lowest BCUT2D eigenvalue weighted by Crippen LogP contribution is -2.17. The molecule has 1 aromatic rings. The van der Waals surface area contributed by atoms with E-state index >= 15 is 0 Å². The average molecular weight is 294 g/mol. The largest absolute Gasteiger partial charge is 0.490 e. The zero-order valence-electron chi connectivity index (χ0n) is 13.0. The Morgan fingerprint density at radius 2 is 1.86 bits per heavy atom. The molecule has 1 aromatic carbocycles. The van der Waals surface area contributed by atoms with E-state index in [0.717, 1.165) is 0 Å². The third kappa shape index (κ3) is 5.45. The van der Waals surface area contributed by atoms with Gasteiger partial charge in [-0.3, -0.25) is 4.79 Å². The first-order chi connectivity index (χ1) is 9.97. The summed E-state index contributed by atoms with van der Waals surface area (Å²) in [6.07, 6.45) is -0.0167. The van der Waals surface area contributed by atoms with Gasteiger partial charge in [-0.15, -0.1) is 0 Å². The molecule has 0 heterocycles. The number of Topliss-reactive ketones (excluding diaryl/α,β-unsaturated/α-hetero) is 1. The van der Waals surface area contributed by atoms with E-state index < -0.39 is 11.8 Å². The van der Waals surface area contributed by atoms with E-state index in [1.54, 1.807) is 18.2 Å². The van der Waals surface area contributed by atoms with Crippen LogP contribution in [0.5, 0.6) is 11.5 Å². The van der Waals surface area contributed by atoms with E-state index in [9.17, 15) is 9.59 Å². The number of carbonyl (C=O) groups is 2. The van der Waals surface area contributed by atoms with Gasteiger partial charge in [0, 0.05) is 6.42 Å². The fraction of sp³-hybridized carbons (Fsp3) is 0.500. The molecule has 0 fully saturated rings. The summed E-state index contributed by atoms with van der Waals surface area (Å²) < 4.78 is 15.6. The van der Waals surface area contributed by atoms with E-state index in [4.69, 9.17) is 9.47 Å². The molecule has 0 spiro atoms. The van der Waals surface area contributed by atoms with Crippen molar-refractivity contribution in [1.29, 1.82) is 0 Å². The van der Waals surface area contributed by atoms with Crippen LogP contribution in [0.3, 0.4) is 0 Å². The van der Waals surface area contributed by atoms with E-state index in [1.807, 2.05) is 6.92 Å². The minimum atomic E-state index is -0.840. The Hall–Kier alpha value is -2.04. The molecular weight excluding hydrogens is 272 g/mol. The molecule has 0 radical (unpaired) electrons. The third-order valence-electron chi connectivity index (χ3n) is 2.66. The van der Waals surface area contributed by atoms with Gasteiger partial charge in [0.05, 0.1) is 20.3 Å². The molecule has 116 valence electrons. The molecule has 0 amide bonds. The Morgan fingerprint density at radius 1 is 1.14 bits per heavy atom. The second kappa shape index (κ2) is 8.29. The highest BCUT2D eigenvalue weighted by atomic mass is 16.5. The topological polar surface area (TPSA) is 61.8 Å². The maximum atomic E-state index is 11.6. The third-order valence-corrected chi connectivity index (χ3v) is 2.66. The zero-order chi connectivity index (χ0) is 15.8. The average Bonchev–Trinajstić information content (AvgIpc) is 2.45. The van der Waals surface area contributed by atoms with Gasteiger partial charge in [-0.2, -0.15) is 0 Å². The smallest absolute Gasteiger partial charge is 0.374 e. The van der Waals surface area contributed by atoms with Gasteiger partial charge in [0.2, 0.25) is 5.78 Å². The highest BCUT2D eigenvalue weighted by Gasteiger charge is 2.16. The van der Waals surface area contributed by atoms with Gasteiger partial charge in [0.15, 0.2) is 11.5 Å². The van der Waals surface area contributed by atoms with Crippen molar-refractivity contribution in [1.82, 2.24) is 0 Å². The SMILES string of the molecule is CCOc1cc(CC(=O)C(=O)OC)ccc1OCC(C)C. The second-order valence-electron chi connectivity index (χ2n) is 5.01. The number of esters is 1. The molecule has 0 aliphatic heterocycles. The first-order valence-electron chi connectivity index (χ1n) is 6.97. The van der Waals surface area contributed by atoms with Gasteiger partial charge in [-0.25, -0.2) is 4.79 Å². The number of rotatable bonds is 8. The van der Waals surface area contributed by atoms with Gasteiger partial charge in [-0.1, -0.05) is 19.9 Å². The Bertz CT molecular complexity index is 493. The molecular formula is C16H22O5. The number of benzene rings is 1. The number of ketones is 1. The standard InChI is InChI=1S/C16H22O5/c1-5-20-15-9-12(8-13(17)16(18)19-4)6-7-14(15)21-10-11(2)3/h6-7,9,11H,5,8,10H2,1-4H3. The number of ether oxygens (including phenoxy) is 3. The summed E-state index contributed by atoms with van der Waals surface area (Å²) in [6, 6.07) is 5.23. The molecule has 1 rings (SSSR count). The van der Waals surface area contributed by atoms with Crippen LogP contribution >= 0.6 is 0 Å². The van der Waals surface area contributed by atoms with Gasteiger partial charge in [0.25, 0.3) is 0 Å². The summed E-state index contributed by atoms with van der Waals surface area (Å²) in [5, 5.41) is 0. The zero-order valence-corrected chi connectivity index (χ0v) is 13.0. The maximum absolute atomic E-state index is 11.6.